The molecule has 33 heavy (non-hydrogen) atoms. The zero-order valence-electron chi connectivity index (χ0n) is 17.9. The molecule has 3 aromatic carbocycles. The number of hydrogen-bond acceptors (Lipinski definition) is 3. The summed E-state index contributed by atoms with van der Waals surface area (Å²) in [6, 6.07) is 21.8. The molecule has 3 aromatic rings. The number of anilines is 2. The van der Waals surface area contributed by atoms with Crippen molar-refractivity contribution in [2.75, 3.05) is 23.4 Å². The van der Waals surface area contributed by atoms with Crippen molar-refractivity contribution >= 4 is 23.3 Å². The number of halogens is 1. The van der Waals surface area contributed by atoms with Crippen LogP contribution in [0.1, 0.15) is 17.0 Å². The number of aliphatic hydroxyl groups excluding tert-OH is 1. The fraction of sp³-hybridized carbons (Fsp3) is 0.231. The van der Waals surface area contributed by atoms with Crippen molar-refractivity contribution in [1.29, 1.82) is 0 Å². The normalized spacial score (nSPS) is 21.0. The molecule has 1 saturated heterocycles. The van der Waals surface area contributed by atoms with Gasteiger partial charge < -0.3 is 15.3 Å². The summed E-state index contributed by atoms with van der Waals surface area (Å²) in [6.07, 6.45) is 0.234. The Kier molecular flexibility index (Phi) is 5.56. The molecule has 2 aliphatic heterocycles. The van der Waals surface area contributed by atoms with E-state index < -0.39 is 11.8 Å². The predicted molar refractivity (Wildman–Crippen MR) is 124 cm³/mol. The second kappa shape index (κ2) is 8.67. The summed E-state index contributed by atoms with van der Waals surface area (Å²) in [6.45, 7) is 0.144. The van der Waals surface area contributed by atoms with E-state index in [2.05, 4.69) is 5.32 Å². The molecule has 0 aliphatic carbocycles. The van der Waals surface area contributed by atoms with Crippen LogP contribution < -0.4 is 10.2 Å². The maximum atomic E-state index is 13.6. The molecule has 1 fully saturated rings. The Morgan fingerprint density at radius 2 is 1.76 bits per heavy atom. The van der Waals surface area contributed by atoms with Crippen molar-refractivity contribution in [3.05, 3.63) is 95.8 Å². The van der Waals surface area contributed by atoms with Crippen molar-refractivity contribution in [3.8, 4) is 0 Å². The van der Waals surface area contributed by atoms with Gasteiger partial charge in [-0.3, -0.25) is 9.69 Å². The zero-order chi connectivity index (χ0) is 22.9. The Hall–Kier alpha value is -3.71. The number of fused-ring (bicyclic) bond motifs is 3. The first-order chi connectivity index (χ1) is 16.1. The van der Waals surface area contributed by atoms with Crippen LogP contribution in [0.3, 0.4) is 0 Å². The number of para-hydroxylation sites is 1. The lowest BCUT2D eigenvalue weighted by molar-refractivity contribution is -0.149. The summed E-state index contributed by atoms with van der Waals surface area (Å²) in [5, 5.41) is 12.9. The maximum Gasteiger partial charge on any atom is 0.326 e. The van der Waals surface area contributed by atoms with Gasteiger partial charge in [0.2, 0.25) is 5.91 Å². The van der Waals surface area contributed by atoms with Crippen molar-refractivity contribution < 1.29 is 19.1 Å². The summed E-state index contributed by atoms with van der Waals surface area (Å²) in [5.74, 6) is -0.565. The fourth-order valence-corrected chi connectivity index (χ4v) is 5.05. The first-order valence-corrected chi connectivity index (χ1v) is 11.0. The molecule has 168 valence electrons. The van der Waals surface area contributed by atoms with Crippen molar-refractivity contribution in [3.63, 3.8) is 0 Å². The van der Waals surface area contributed by atoms with E-state index >= 15 is 0 Å². The van der Waals surface area contributed by atoms with Crippen LogP contribution in [0.2, 0.25) is 0 Å². The quantitative estimate of drug-likeness (QED) is 0.642. The predicted octanol–water partition coefficient (Wildman–Crippen LogP) is 3.78. The van der Waals surface area contributed by atoms with Gasteiger partial charge in [-0.25, -0.2) is 9.18 Å². The number of nitrogens with zero attached hydrogens (tertiary/aromatic N) is 2. The van der Waals surface area contributed by atoms with Crippen LogP contribution in [0.5, 0.6) is 0 Å². The van der Waals surface area contributed by atoms with Crippen LogP contribution in [0, 0.1) is 5.82 Å². The zero-order valence-corrected chi connectivity index (χ0v) is 17.9. The summed E-state index contributed by atoms with van der Waals surface area (Å²) in [5.41, 5.74) is 2.92. The molecule has 0 unspecified atom stereocenters. The SMILES string of the molecule is O=C(Nc1cccc(F)c1)N1C[C@H]2[C@@H](c3ccccc31)[C@H](CO)N2C(=O)Cc1ccccc1. The minimum atomic E-state index is -0.436. The smallest absolute Gasteiger partial charge is 0.326 e. The third kappa shape index (κ3) is 3.85. The Morgan fingerprint density at radius 3 is 2.52 bits per heavy atom. The molecule has 0 bridgehead atoms. The van der Waals surface area contributed by atoms with Crippen LogP contribution >= 0.6 is 0 Å². The highest BCUT2D eigenvalue weighted by atomic mass is 19.1. The molecule has 3 atom stereocenters. The molecular weight excluding hydrogens is 421 g/mol. The molecule has 2 aliphatic rings. The molecule has 7 heteroatoms. The molecule has 6 nitrogen and oxygen atoms in total. The second-order valence-electron chi connectivity index (χ2n) is 8.42. The highest BCUT2D eigenvalue weighted by Crippen LogP contribution is 2.48. The van der Waals surface area contributed by atoms with Gasteiger partial charge in [0.15, 0.2) is 0 Å². The van der Waals surface area contributed by atoms with Crippen LogP contribution in [-0.4, -0.2) is 47.2 Å². The van der Waals surface area contributed by atoms with Gasteiger partial charge >= 0.3 is 6.03 Å². The van der Waals surface area contributed by atoms with Crippen LogP contribution in [0.15, 0.2) is 78.9 Å². The Balaban J connectivity index is 1.42. The highest BCUT2D eigenvalue weighted by Gasteiger charge is 2.55. The lowest BCUT2D eigenvalue weighted by Crippen LogP contribution is -2.71. The summed E-state index contributed by atoms with van der Waals surface area (Å²) in [4.78, 5) is 29.7. The first kappa shape index (κ1) is 21.2. The maximum absolute atomic E-state index is 13.6. The summed E-state index contributed by atoms with van der Waals surface area (Å²) in [7, 11) is 0. The number of nitrogens with one attached hydrogen (secondary N) is 1. The van der Waals surface area contributed by atoms with Gasteiger partial charge in [-0.15, -0.1) is 0 Å². The third-order valence-corrected chi connectivity index (χ3v) is 6.49. The van der Waals surface area contributed by atoms with E-state index in [9.17, 15) is 19.1 Å². The largest absolute Gasteiger partial charge is 0.394 e. The molecule has 0 aromatic heterocycles. The Labute approximate surface area is 191 Å². The minimum Gasteiger partial charge on any atom is -0.394 e. The van der Waals surface area contributed by atoms with Gasteiger partial charge in [-0.05, 0) is 35.4 Å². The van der Waals surface area contributed by atoms with Crippen LogP contribution in [0.25, 0.3) is 0 Å². The van der Waals surface area contributed by atoms with Crippen LogP contribution in [-0.2, 0) is 11.2 Å². The van der Waals surface area contributed by atoms with Crippen molar-refractivity contribution in [1.82, 2.24) is 4.90 Å². The number of amides is 3. The number of benzene rings is 3. The number of rotatable bonds is 4. The van der Waals surface area contributed by atoms with E-state index in [1.165, 1.54) is 18.2 Å². The second-order valence-corrected chi connectivity index (χ2v) is 8.42. The first-order valence-electron chi connectivity index (χ1n) is 11.0. The number of hydrogen-bond donors (Lipinski definition) is 2. The lowest BCUT2D eigenvalue weighted by atomic mass is 9.71. The van der Waals surface area contributed by atoms with Gasteiger partial charge in [0.05, 0.1) is 25.1 Å². The fourth-order valence-electron chi connectivity index (χ4n) is 5.05. The molecule has 2 heterocycles. The molecular formula is C26H24FN3O3. The van der Waals surface area contributed by atoms with Gasteiger partial charge in [0.1, 0.15) is 5.82 Å². The van der Waals surface area contributed by atoms with Gasteiger partial charge in [-0.2, -0.15) is 0 Å². The van der Waals surface area contributed by atoms with E-state index in [1.54, 1.807) is 15.9 Å². The molecule has 3 amide bonds. The monoisotopic (exact) mass is 445 g/mol. The van der Waals surface area contributed by atoms with E-state index in [1.807, 2.05) is 54.6 Å². The molecule has 0 spiro atoms. The number of carbonyl (C=O) groups is 2. The van der Waals surface area contributed by atoms with Gasteiger partial charge in [0.25, 0.3) is 0 Å². The van der Waals surface area contributed by atoms with Crippen molar-refractivity contribution in [2.45, 2.75) is 24.4 Å². The van der Waals surface area contributed by atoms with Crippen molar-refractivity contribution in [2.24, 2.45) is 0 Å². The molecule has 2 N–H and O–H groups in total. The number of carbonyl (C=O) groups excluding carboxylic acids is 2. The molecule has 5 rings (SSSR count). The van der Waals surface area contributed by atoms with E-state index in [0.29, 0.717) is 12.2 Å². The standard InChI is InChI=1S/C26H24FN3O3/c27-18-9-6-10-19(14-18)28-26(33)29-15-22-25(20-11-4-5-12-21(20)29)23(16-31)30(22)24(32)13-17-7-2-1-3-8-17/h1-12,14,22-23,25,31H,13,15-16H2,(H,28,33)/t22-,23-,25+/m0/s1. The Morgan fingerprint density at radius 1 is 1.00 bits per heavy atom. The van der Waals surface area contributed by atoms with E-state index in [0.717, 1.165) is 16.8 Å². The average molecular weight is 445 g/mol. The van der Waals surface area contributed by atoms with E-state index in [4.69, 9.17) is 0 Å². The topological polar surface area (TPSA) is 72.9 Å². The highest BCUT2D eigenvalue weighted by molar-refractivity contribution is 6.03. The van der Waals surface area contributed by atoms with Gasteiger partial charge in [0, 0.05) is 23.8 Å². The number of aliphatic hydroxyl groups is 1. The summed E-state index contributed by atoms with van der Waals surface area (Å²) < 4.78 is 13.6. The Bertz CT molecular complexity index is 1190. The summed E-state index contributed by atoms with van der Waals surface area (Å²) >= 11 is 0. The van der Waals surface area contributed by atoms with Gasteiger partial charge in [-0.1, -0.05) is 54.6 Å². The number of likely N-dealkylation sites (tertiary alicyclic amines) is 1. The minimum absolute atomic E-state index is 0.0517. The molecule has 0 saturated carbocycles. The number of urea groups is 1. The third-order valence-electron chi connectivity index (χ3n) is 6.49. The van der Waals surface area contributed by atoms with Crippen LogP contribution in [0.4, 0.5) is 20.6 Å². The lowest BCUT2D eigenvalue weighted by Gasteiger charge is -2.58. The average Bonchev–Trinajstić information content (AvgIpc) is 2.80. The molecule has 0 radical (unpaired) electrons. The van der Waals surface area contributed by atoms with E-state index in [-0.39, 0.29) is 36.9 Å².